The van der Waals surface area contributed by atoms with Crippen molar-refractivity contribution in [2.24, 2.45) is 5.41 Å². The van der Waals surface area contributed by atoms with Gasteiger partial charge in [-0.05, 0) is 48.6 Å². The van der Waals surface area contributed by atoms with Crippen LogP contribution >= 0.6 is 11.6 Å². The Labute approximate surface area is 194 Å². The van der Waals surface area contributed by atoms with E-state index in [1.165, 1.54) is 6.07 Å². The predicted octanol–water partition coefficient (Wildman–Crippen LogP) is 5.76. The lowest BCUT2D eigenvalue weighted by Crippen LogP contribution is -2.53. The number of fused-ring (bicyclic) bond motifs is 1. The lowest BCUT2D eigenvalue weighted by molar-refractivity contribution is -0.137. The zero-order chi connectivity index (χ0) is 24.8. The van der Waals surface area contributed by atoms with Crippen LogP contribution in [0.1, 0.15) is 44.6 Å². The molecule has 2 aromatic carbocycles. The molecule has 3 N–H and O–H groups in total. The molecule has 0 spiro atoms. The van der Waals surface area contributed by atoms with Gasteiger partial charge >= 0.3 is 12.3 Å². The minimum Gasteiger partial charge on any atom is -0.465 e. The molecule has 0 fully saturated rings. The second kappa shape index (κ2) is 8.53. The summed E-state index contributed by atoms with van der Waals surface area (Å²) in [7, 11) is 0. The number of benzene rings is 2. The molecule has 3 aromatic rings. The van der Waals surface area contributed by atoms with Crippen LogP contribution in [0.3, 0.4) is 0 Å². The minimum atomic E-state index is -4.67. The maximum atomic E-state index is 13.5. The van der Waals surface area contributed by atoms with Gasteiger partial charge in [-0.15, -0.1) is 0 Å². The number of aliphatic hydroxyl groups is 1. The maximum absolute atomic E-state index is 13.5. The summed E-state index contributed by atoms with van der Waals surface area (Å²) in [6.07, 6.45) is -5.52. The van der Waals surface area contributed by atoms with Crippen LogP contribution in [0.15, 0.2) is 36.4 Å². The van der Waals surface area contributed by atoms with Crippen molar-refractivity contribution >= 4 is 28.7 Å². The lowest BCUT2D eigenvalue weighted by Gasteiger charge is -2.41. The summed E-state index contributed by atoms with van der Waals surface area (Å²) in [6, 6.07) is 9.12. The molecule has 0 aliphatic carbocycles. The molecule has 178 valence electrons. The summed E-state index contributed by atoms with van der Waals surface area (Å²) in [4.78, 5) is 16.2. The number of hydrogen-bond donors (Lipinski definition) is 3. The summed E-state index contributed by atoms with van der Waals surface area (Å²) < 4.78 is 42.1. The van der Waals surface area contributed by atoms with E-state index in [4.69, 9.17) is 11.6 Å². The Kier molecular flexibility index (Phi) is 6.43. The van der Waals surface area contributed by atoms with Gasteiger partial charge in [-0.2, -0.15) is 13.2 Å². The third-order valence-electron chi connectivity index (χ3n) is 5.95. The molecule has 0 radical (unpaired) electrons. The second-order valence-electron chi connectivity index (χ2n) is 9.03. The average Bonchev–Trinajstić information content (AvgIpc) is 3.05. The Bertz CT molecular complexity index is 1180. The number of nitrogens with zero attached hydrogens (tertiary/aromatic N) is 2. The van der Waals surface area contributed by atoms with E-state index in [9.17, 15) is 28.2 Å². The molecule has 0 saturated carbocycles. The van der Waals surface area contributed by atoms with E-state index in [0.717, 1.165) is 11.6 Å². The number of aromatic nitrogens is 2. The van der Waals surface area contributed by atoms with Crippen molar-refractivity contribution in [3.63, 3.8) is 0 Å². The van der Waals surface area contributed by atoms with Crippen molar-refractivity contribution in [1.29, 1.82) is 0 Å². The van der Waals surface area contributed by atoms with Crippen molar-refractivity contribution in [2.75, 3.05) is 6.61 Å². The first-order valence-electron chi connectivity index (χ1n) is 10.2. The van der Waals surface area contributed by atoms with Gasteiger partial charge in [0.1, 0.15) is 11.4 Å². The zero-order valence-electron chi connectivity index (χ0n) is 18.6. The number of carbonyl (C=O) groups is 1. The molecule has 6 nitrogen and oxygen atoms in total. The summed E-state index contributed by atoms with van der Waals surface area (Å²) in [5, 5.41) is 20.8. The van der Waals surface area contributed by atoms with Gasteiger partial charge in [0.15, 0.2) is 0 Å². The number of halogens is 4. The minimum absolute atomic E-state index is 0.0287. The fraction of sp³-hybridized carbons (Fsp3) is 0.391. The van der Waals surface area contributed by atoms with Gasteiger partial charge in [0.25, 0.3) is 0 Å². The van der Waals surface area contributed by atoms with E-state index in [1.807, 2.05) is 20.8 Å². The van der Waals surface area contributed by atoms with Crippen LogP contribution in [-0.2, 0) is 18.1 Å². The Morgan fingerprint density at radius 1 is 1.12 bits per heavy atom. The molecule has 0 aliphatic rings. The molecular formula is C23H25ClF3N3O3. The second-order valence-corrected chi connectivity index (χ2v) is 9.44. The number of carboxylic acid groups (broad SMARTS) is 1. The smallest absolute Gasteiger partial charge is 0.417 e. The van der Waals surface area contributed by atoms with Crippen LogP contribution in [0.5, 0.6) is 0 Å². The van der Waals surface area contributed by atoms with Crippen LogP contribution in [0.4, 0.5) is 18.0 Å². The number of alkyl halides is 3. The van der Waals surface area contributed by atoms with E-state index in [2.05, 4.69) is 10.3 Å². The molecule has 3 rings (SSSR count). The number of aliphatic hydroxyl groups excluding tert-OH is 1. The van der Waals surface area contributed by atoms with Crippen LogP contribution < -0.4 is 5.32 Å². The molecule has 1 aromatic heterocycles. The highest BCUT2D eigenvalue weighted by Crippen LogP contribution is 2.43. The highest BCUT2D eigenvalue weighted by molar-refractivity contribution is 6.32. The van der Waals surface area contributed by atoms with E-state index < -0.39 is 33.8 Å². The van der Waals surface area contributed by atoms with Gasteiger partial charge in [0.05, 0.1) is 21.6 Å². The van der Waals surface area contributed by atoms with E-state index in [-0.39, 0.29) is 17.9 Å². The first kappa shape index (κ1) is 24.9. The Morgan fingerprint density at radius 3 is 2.21 bits per heavy atom. The van der Waals surface area contributed by atoms with Crippen molar-refractivity contribution in [3.8, 4) is 5.69 Å². The van der Waals surface area contributed by atoms with Crippen LogP contribution in [0.25, 0.3) is 16.7 Å². The summed E-state index contributed by atoms with van der Waals surface area (Å²) in [5.41, 5.74) is -1.25. The largest absolute Gasteiger partial charge is 0.465 e. The zero-order valence-corrected chi connectivity index (χ0v) is 19.3. The lowest BCUT2D eigenvalue weighted by atomic mass is 9.74. The predicted molar refractivity (Wildman–Crippen MR) is 120 cm³/mol. The number of rotatable bonds is 5. The molecule has 1 heterocycles. The van der Waals surface area contributed by atoms with Gasteiger partial charge in [-0.3, -0.25) is 4.57 Å². The standard InChI is InChI=1S/C23H25ClF3N3O3/c1-21(2,3)22(4,29-20(32)33)19-28-17-11-15(23(25,26)27)16(24)12-18(17)30(19)14-7-5-13(6-8-14)9-10-31/h5-8,11-12,29,31H,9-10H2,1-4H3,(H,32,33). The first-order chi connectivity index (χ1) is 15.2. The quantitative estimate of drug-likeness (QED) is 0.430. The summed E-state index contributed by atoms with van der Waals surface area (Å²) in [6.45, 7) is 7.05. The number of imidazole rings is 1. The molecule has 10 heteroatoms. The van der Waals surface area contributed by atoms with Crippen LogP contribution in [-0.4, -0.2) is 32.5 Å². The number of amides is 1. The molecule has 1 atom stereocenters. The number of hydrogen-bond acceptors (Lipinski definition) is 3. The van der Waals surface area contributed by atoms with Crippen molar-refractivity contribution < 1.29 is 28.2 Å². The van der Waals surface area contributed by atoms with Crippen molar-refractivity contribution in [3.05, 3.63) is 58.4 Å². The summed E-state index contributed by atoms with van der Waals surface area (Å²) in [5.74, 6) is 0.220. The maximum Gasteiger partial charge on any atom is 0.417 e. The highest BCUT2D eigenvalue weighted by atomic mass is 35.5. The van der Waals surface area contributed by atoms with Crippen molar-refractivity contribution in [2.45, 2.75) is 45.8 Å². The van der Waals surface area contributed by atoms with Gasteiger partial charge in [-0.25, -0.2) is 9.78 Å². The first-order valence-corrected chi connectivity index (χ1v) is 10.6. The summed E-state index contributed by atoms with van der Waals surface area (Å²) >= 11 is 6.01. The van der Waals surface area contributed by atoms with E-state index >= 15 is 0 Å². The molecule has 0 aliphatic heterocycles. The van der Waals surface area contributed by atoms with Crippen LogP contribution in [0, 0.1) is 5.41 Å². The Hall–Kier alpha value is -2.78. The van der Waals surface area contributed by atoms with Crippen LogP contribution in [0.2, 0.25) is 5.02 Å². The SMILES string of the molecule is CC(C)(C)C(C)(NC(=O)O)c1nc2cc(C(F)(F)F)c(Cl)cc2n1-c1ccc(CCO)cc1. The topological polar surface area (TPSA) is 87.4 Å². The third-order valence-corrected chi connectivity index (χ3v) is 6.26. The Balaban J connectivity index is 2.40. The molecule has 1 amide bonds. The average molecular weight is 484 g/mol. The number of nitrogens with one attached hydrogen (secondary N) is 1. The molecular weight excluding hydrogens is 459 g/mol. The third kappa shape index (κ3) is 4.65. The van der Waals surface area contributed by atoms with Gasteiger partial charge in [0, 0.05) is 12.3 Å². The Morgan fingerprint density at radius 2 is 1.73 bits per heavy atom. The molecule has 33 heavy (non-hydrogen) atoms. The molecule has 0 bridgehead atoms. The monoisotopic (exact) mass is 483 g/mol. The highest BCUT2D eigenvalue weighted by Gasteiger charge is 2.45. The molecule has 1 unspecified atom stereocenters. The normalized spacial score (nSPS) is 14.3. The van der Waals surface area contributed by atoms with Gasteiger partial charge in [-0.1, -0.05) is 44.5 Å². The van der Waals surface area contributed by atoms with E-state index in [0.29, 0.717) is 17.6 Å². The van der Waals surface area contributed by atoms with Crippen molar-refractivity contribution in [1.82, 2.24) is 14.9 Å². The van der Waals surface area contributed by atoms with Gasteiger partial charge in [0.2, 0.25) is 0 Å². The molecule has 0 saturated heterocycles. The van der Waals surface area contributed by atoms with Gasteiger partial charge < -0.3 is 15.5 Å². The fourth-order valence-electron chi connectivity index (χ4n) is 3.65. The van der Waals surface area contributed by atoms with E-state index in [1.54, 1.807) is 35.8 Å². The fourth-order valence-corrected chi connectivity index (χ4v) is 3.91.